The summed E-state index contributed by atoms with van der Waals surface area (Å²) in [4.78, 5) is 21.7. The molecule has 0 aromatic heterocycles. The standard InChI is InChI=1S/C18H21N3O6S/c1-3-4-11-19-18(22)20-28(25,26)17-12-14(21(23)24)9-10-16(17)27-15-8-6-5-7-13(15)2/h5-10,12H,3-4,11H2,1-2H3,(H2,19,20,22). The van der Waals surface area contributed by atoms with Crippen molar-refractivity contribution in [3.8, 4) is 11.5 Å². The second kappa shape index (κ2) is 9.18. The zero-order valence-corrected chi connectivity index (χ0v) is 16.3. The zero-order valence-electron chi connectivity index (χ0n) is 15.5. The van der Waals surface area contributed by atoms with Crippen LogP contribution in [0.1, 0.15) is 25.3 Å². The average Bonchev–Trinajstić information content (AvgIpc) is 2.63. The van der Waals surface area contributed by atoms with E-state index in [4.69, 9.17) is 4.74 Å². The number of aryl methyl sites for hydroxylation is 1. The monoisotopic (exact) mass is 407 g/mol. The number of nitrogens with zero attached hydrogens (tertiary/aromatic N) is 1. The van der Waals surface area contributed by atoms with Crippen LogP contribution in [-0.4, -0.2) is 25.9 Å². The Balaban J connectivity index is 2.38. The first-order chi connectivity index (χ1) is 13.2. The number of unbranched alkanes of at least 4 members (excludes halogenated alkanes) is 1. The Morgan fingerprint density at radius 1 is 1.18 bits per heavy atom. The van der Waals surface area contributed by atoms with Gasteiger partial charge in [0.05, 0.1) is 4.92 Å². The lowest BCUT2D eigenvalue weighted by Gasteiger charge is -2.14. The van der Waals surface area contributed by atoms with Crippen molar-refractivity contribution < 1.29 is 22.9 Å². The molecule has 0 radical (unpaired) electrons. The second-order valence-corrected chi connectivity index (χ2v) is 7.62. The fourth-order valence-electron chi connectivity index (χ4n) is 2.29. The molecule has 2 N–H and O–H groups in total. The number of benzene rings is 2. The molecule has 2 amide bonds. The predicted octanol–water partition coefficient (Wildman–Crippen LogP) is 3.48. The van der Waals surface area contributed by atoms with Crippen LogP contribution < -0.4 is 14.8 Å². The second-order valence-electron chi connectivity index (χ2n) is 5.97. The Bertz CT molecular complexity index is 975. The number of carbonyl (C=O) groups is 1. The molecule has 0 heterocycles. The summed E-state index contributed by atoms with van der Waals surface area (Å²) in [5, 5.41) is 13.5. The topological polar surface area (TPSA) is 128 Å². The van der Waals surface area contributed by atoms with Crippen LogP contribution >= 0.6 is 0 Å². The van der Waals surface area contributed by atoms with Crippen LogP contribution in [0.3, 0.4) is 0 Å². The van der Waals surface area contributed by atoms with Crippen LogP contribution in [0.2, 0.25) is 0 Å². The van der Waals surface area contributed by atoms with Gasteiger partial charge in [0.15, 0.2) is 0 Å². The maximum Gasteiger partial charge on any atom is 0.328 e. The molecule has 0 saturated carbocycles. The molecule has 0 aliphatic heterocycles. The maximum atomic E-state index is 12.7. The van der Waals surface area contributed by atoms with E-state index in [1.54, 1.807) is 31.2 Å². The van der Waals surface area contributed by atoms with Gasteiger partial charge in [-0.1, -0.05) is 31.5 Å². The molecule has 150 valence electrons. The number of rotatable bonds is 8. The van der Waals surface area contributed by atoms with E-state index >= 15 is 0 Å². The van der Waals surface area contributed by atoms with Gasteiger partial charge in [-0.2, -0.15) is 0 Å². The number of nitro benzene ring substituents is 1. The lowest BCUT2D eigenvalue weighted by Crippen LogP contribution is -2.39. The number of amides is 2. The molecule has 0 saturated heterocycles. The minimum absolute atomic E-state index is 0.131. The Morgan fingerprint density at radius 3 is 2.54 bits per heavy atom. The van der Waals surface area contributed by atoms with Gasteiger partial charge in [-0.3, -0.25) is 10.1 Å². The number of para-hydroxylation sites is 1. The van der Waals surface area contributed by atoms with E-state index < -0.39 is 31.6 Å². The summed E-state index contributed by atoms with van der Waals surface area (Å²) in [5.41, 5.74) is 0.304. The molecule has 10 heteroatoms. The zero-order chi connectivity index (χ0) is 20.7. The third-order valence-corrected chi connectivity index (χ3v) is 5.14. The molecular formula is C18H21N3O6S. The summed E-state index contributed by atoms with van der Waals surface area (Å²) in [6.45, 7) is 4.00. The molecule has 2 aromatic carbocycles. The van der Waals surface area contributed by atoms with Crippen LogP contribution in [0.4, 0.5) is 10.5 Å². The highest BCUT2D eigenvalue weighted by molar-refractivity contribution is 7.90. The third kappa shape index (κ3) is 5.43. The number of nitro groups is 1. The highest BCUT2D eigenvalue weighted by Crippen LogP contribution is 2.33. The van der Waals surface area contributed by atoms with Crippen LogP contribution in [0.5, 0.6) is 11.5 Å². The molecule has 0 unspecified atom stereocenters. The molecule has 2 aromatic rings. The van der Waals surface area contributed by atoms with Gasteiger partial charge in [0.1, 0.15) is 16.4 Å². The fourth-order valence-corrected chi connectivity index (χ4v) is 3.36. The van der Waals surface area contributed by atoms with Crippen LogP contribution in [0.25, 0.3) is 0 Å². The Kier molecular flexibility index (Phi) is 6.94. The highest BCUT2D eigenvalue weighted by Gasteiger charge is 2.26. The fraction of sp³-hybridized carbons (Fsp3) is 0.278. The van der Waals surface area contributed by atoms with Crippen LogP contribution in [0, 0.1) is 17.0 Å². The number of non-ortho nitro benzene ring substituents is 1. The first-order valence-corrected chi connectivity index (χ1v) is 10.1. The Labute approximate surface area is 162 Å². The Hall–Kier alpha value is -3.14. The minimum Gasteiger partial charge on any atom is -0.456 e. The molecular weight excluding hydrogens is 386 g/mol. The van der Waals surface area contributed by atoms with Gasteiger partial charge in [-0.15, -0.1) is 0 Å². The van der Waals surface area contributed by atoms with Gasteiger partial charge in [0.2, 0.25) is 0 Å². The summed E-state index contributed by atoms with van der Waals surface area (Å²) >= 11 is 0. The molecule has 0 aliphatic rings. The third-order valence-electron chi connectivity index (χ3n) is 3.78. The van der Waals surface area contributed by atoms with Crippen molar-refractivity contribution in [3.05, 3.63) is 58.1 Å². The van der Waals surface area contributed by atoms with Gasteiger partial charge in [-0.05, 0) is 31.0 Å². The van der Waals surface area contributed by atoms with Gasteiger partial charge in [-0.25, -0.2) is 17.9 Å². The van der Waals surface area contributed by atoms with Crippen molar-refractivity contribution in [1.82, 2.24) is 10.0 Å². The lowest BCUT2D eigenvalue weighted by atomic mass is 10.2. The molecule has 9 nitrogen and oxygen atoms in total. The molecule has 0 aliphatic carbocycles. The summed E-state index contributed by atoms with van der Waals surface area (Å²) in [6, 6.07) is 9.17. The summed E-state index contributed by atoms with van der Waals surface area (Å²) < 4.78 is 32.9. The molecule has 0 bridgehead atoms. The molecule has 0 fully saturated rings. The van der Waals surface area contributed by atoms with E-state index in [0.29, 0.717) is 18.7 Å². The molecule has 28 heavy (non-hydrogen) atoms. The van der Waals surface area contributed by atoms with Crippen molar-refractivity contribution in [2.24, 2.45) is 0 Å². The molecule has 0 spiro atoms. The summed E-state index contributed by atoms with van der Waals surface area (Å²) in [7, 11) is -4.41. The number of carbonyl (C=O) groups excluding carboxylic acids is 1. The van der Waals surface area contributed by atoms with Gasteiger partial charge < -0.3 is 10.1 Å². The number of hydrogen-bond donors (Lipinski definition) is 2. The normalized spacial score (nSPS) is 10.9. The number of sulfonamides is 1. The maximum absolute atomic E-state index is 12.7. The Morgan fingerprint density at radius 2 is 1.89 bits per heavy atom. The van der Waals surface area contributed by atoms with Gasteiger partial charge in [0, 0.05) is 18.7 Å². The molecule has 2 rings (SSSR count). The summed E-state index contributed by atoms with van der Waals surface area (Å²) in [6.07, 6.45) is 1.51. The minimum atomic E-state index is -4.41. The largest absolute Gasteiger partial charge is 0.456 e. The molecule has 0 atom stereocenters. The van der Waals surface area contributed by atoms with Gasteiger partial charge >= 0.3 is 6.03 Å². The lowest BCUT2D eigenvalue weighted by molar-refractivity contribution is -0.385. The van der Waals surface area contributed by atoms with Crippen molar-refractivity contribution in [3.63, 3.8) is 0 Å². The predicted molar refractivity (Wildman–Crippen MR) is 103 cm³/mol. The highest BCUT2D eigenvalue weighted by atomic mass is 32.2. The first kappa shape index (κ1) is 21.2. The van der Waals surface area contributed by atoms with E-state index in [2.05, 4.69) is 5.32 Å². The smallest absolute Gasteiger partial charge is 0.328 e. The number of ether oxygens (including phenoxy) is 1. The van der Waals surface area contributed by atoms with Crippen molar-refractivity contribution in [2.75, 3.05) is 6.54 Å². The van der Waals surface area contributed by atoms with Crippen LogP contribution in [-0.2, 0) is 10.0 Å². The summed E-state index contributed by atoms with van der Waals surface area (Å²) in [5.74, 6) is 0.258. The van der Waals surface area contributed by atoms with E-state index in [0.717, 1.165) is 24.1 Å². The average molecular weight is 407 g/mol. The van der Waals surface area contributed by atoms with E-state index in [9.17, 15) is 23.3 Å². The van der Waals surface area contributed by atoms with Crippen molar-refractivity contribution >= 4 is 21.7 Å². The number of hydrogen-bond acceptors (Lipinski definition) is 6. The van der Waals surface area contributed by atoms with Crippen molar-refractivity contribution in [2.45, 2.75) is 31.6 Å². The van der Waals surface area contributed by atoms with E-state index in [-0.39, 0.29) is 5.75 Å². The van der Waals surface area contributed by atoms with E-state index in [1.807, 2.05) is 11.6 Å². The SMILES string of the molecule is CCCCNC(=O)NS(=O)(=O)c1cc([N+](=O)[O-])ccc1Oc1ccccc1C. The quantitative estimate of drug-likeness (QED) is 0.392. The number of urea groups is 1. The number of nitrogens with one attached hydrogen (secondary N) is 2. The van der Waals surface area contributed by atoms with Crippen molar-refractivity contribution in [1.29, 1.82) is 0 Å². The van der Waals surface area contributed by atoms with E-state index in [1.165, 1.54) is 6.07 Å². The first-order valence-electron chi connectivity index (χ1n) is 8.57. The van der Waals surface area contributed by atoms with Gasteiger partial charge in [0.25, 0.3) is 15.7 Å². The van der Waals surface area contributed by atoms with Crippen LogP contribution in [0.15, 0.2) is 47.4 Å².